The van der Waals surface area contributed by atoms with Crippen molar-refractivity contribution >= 4 is 11.9 Å². The Morgan fingerprint density at radius 2 is 1.27 bits per heavy atom. The van der Waals surface area contributed by atoms with Gasteiger partial charge in [0.15, 0.2) is 0 Å². The smallest absolute Gasteiger partial charge is 1.00 e. The van der Waals surface area contributed by atoms with Crippen LogP contribution in [0.5, 0.6) is 0 Å². The summed E-state index contributed by atoms with van der Waals surface area (Å²) in [4.78, 5) is 20.9. The first kappa shape index (κ1) is 21.1. The van der Waals surface area contributed by atoms with Crippen molar-refractivity contribution in [2.75, 3.05) is 0 Å². The zero-order valence-corrected chi connectivity index (χ0v) is 13.6. The van der Waals surface area contributed by atoms with Crippen molar-refractivity contribution in [3.63, 3.8) is 0 Å². The van der Waals surface area contributed by atoms with Gasteiger partial charge in [0, 0.05) is 0 Å². The Labute approximate surface area is 152 Å². The third kappa shape index (κ3) is 6.15. The molecule has 0 aliphatic heterocycles. The van der Waals surface area contributed by atoms with Gasteiger partial charge >= 0.3 is 92.9 Å². The molecule has 3 N–H and O–H groups in total. The van der Waals surface area contributed by atoms with Crippen LogP contribution in [-0.4, -0.2) is 27.6 Å². The predicted molar refractivity (Wildman–Crippen MR) is 43.4 cm³/mol. The van der Waals surface area contributed by atoms with Crippen LogP contribution in [0.2, 0.25) is 0 Å². The zero-order chi connectivity index (χ0) is 9.14. The van der Waals surface area contributed by atoms with E-state index in [2.05, 4.69) is 0 Å². The number of carboxylic acids is 2. The van der Waals surface area contributed by atoms with E-state index in [1.807, 2.05) is 0 Å². The van der Waals surface area contributed by atoms with E-state index >= 15 is 0 Å². The molecule has 0 fully saturated rings. The molecule has 15 heavy (non-hydrogen) atoms. The first-order valence-electron chi connectivity index (χ1n) is 3.18. The summed E-state index contributed by atoms with van der Waals surface area (Å²) in [7, 11) is 0. The Hall–Kier alpha value is 0.756. The van der Waals surface area contributed by atoms with Crippen molar-refractivity contribution in [1.82, 2.24) is 0 Å². The van der Waals surface area contributed by atoms with E-state index in [1.165, 1.54) is 24.3 Å². The van der Waals surface area contributed by atoms with Crippen LogP contribution in [0.15, 0.2) is 24.3 Å². The number of hydrogen-bond acceptors (Lipinski definition) is 3. The van der Waals surface area contributed by atoms with Crippen molar-refractivity contribution in [2.24, 2.45) is 0 Å². The molecule has 72 valence electrons. The minimum Gasteiger partial charge on any atom is -1.00 e. The first-order valence-corrected chi connectivity index (χ1v) is 3.18. The fraction of sp³-hybridized carbons (Fsp3) is 0. The van der Waals surface area contributed by atoms with Gasteiger partial charge in [0.1, 0.15) is 0 Å². The molecule has 0 heterocycles. The van der Waals surface area contributed by atoms with Crippen LogP contribution in [0.3, 0.4) is 0 Å². The van der Waals surface area contributed by atoms with Gasteiger partial charge in [-0.1, -0.05) is 12.1 Å². The summed E-state index contributed by atoms with van der Waals surface area (Å²) < 4.78 is 0. The summed E-state index contributed by atoms with van der Waals surface area (Å²) in [5.74, 6) is -2.46. The number of aromatic carboxylic acids is 2. The maximum absolute atomic E-state index is 10.5. The molecule has 0 bridgehead atoms. The van der Waals surface area contributed by atoms with Gasteiger partial charge < -0.3 is 17.1 Å². The average Bonchev–Trinajstić information content (AvgIpc) is 2.04. The standard InChI is InChI=1S/C8H6O4.K.Na.H2O.H/c9-7(10)5-3-1-2-4-6(5)8(11)12;;;;/h1-4H,(H,9,10)(H,11,12);;;1H2;/q;2*+1;;-1/p-1. The fourth-order valence-corrected chi connectivity index (χ4v) is 0.856. The zero-order valence-electron chi connectivity index (χ0n) is 9.47. The molecule has 0 atom stereocenters. The molecule has 7 heteroatoms. The molecule has 0 saturated carbocycles. The van der Waals surface area contributed by atoms with E-state index < -0.39 is 11.9 Å². The van der Waals surface area contributed by atoms with Crippen LogP contribution in [0.25, 0.3) is 0 Å². The average molecular weight is 246 g/mol. The maximum Gasteiger partial charge on any atom is 1.00 e. The predicted octanol–water partition coefficient (Wildman–Crippen LogP) is -4.97. The Morgan fingerprint density at radius 3 is 1.47 bits per heavy atom. The van der Waals surface area contributed by atoms with E-state index in [-0.39, 0.29) is 99.0 Å². The largest absolute Gasteiger partial charge is 1.00 e. The molecule has 0 saturated heterocycles. The van der Waals surface area contributed by atoms with E-state index in [1.54, 1.807) is 0 Å². The van der Waals surface area contributed by atoms with Crippen LogP contribution in [0.4, 0.5) is 0 Å². The van der Waals surface area contributed by atoms with Crippen molar-refractivity contribution in [1.29, 1.82) is 0 Å². The van der Waals surface area contributed by atoms with Crippen molar-refractivity contribution in [3.8, 4) is 0 Å². The topological polar surface area (TPSA) is 105 Å². The molecular formula is C8H8KNaO5. The van der Waals surface area contributed by atoms with E-state index in [9.17, 15) is 9.59 Å². The first-order chi connectivity index (χ1) is 5.63. The Morgan fingerprint density at radius 1 is 1.00 bits per heavy atom. The number of carboxylic acid groups (broad SMARTS) is 2. The second-order valence-corrected chi connectivity index (χ2v) is 2.16. The molecule has 5 nitrogen and oxygen atoms in total. The molecule has 0 amide bonds. The molecular weight excluding hydrogens is 238 g/mol. The molecule has 1 rings (SSSR count). The third-order valence-corrected chi connectivity index (χ3v) is 1.39. The van der Waals surface area contributed by atoms with Crippen molar-refractivity contribution in [3.05, 3.63) is 35.4 Å². The molecule has 1 aromatic carbocycles. The fourth-order valence-electron chi connectivity index (χ4n) is 0.856. The number of carbonyl (C=O) groups is 2. The monoisotopic (exact) mass is 246 g/mol. The molecule has 0 spiro atoms. The Balaban J connectivity index is -0.000000180. The Bertz CT molecular complexity index is 314. The quantitative estimate of drug-likeness (QED) is 0.509. The SMILES string of the molecule is O=C(O)c1ccccc1C(=O)O.[H-].[K+].[Na+].[OH-]. The van der Waals surface area contributed by atoms with Crippen LogP contribution in [0.1, 0.15) is 22.1 Å². The summed E-state index contributed by atoms with van der Waals surface area (Å²) in [5, 5.41) is 17.1. The second kappa shape index (κ2) is 9.95. The summed E-state index contributed by atoms with van der Waals surface area (Å²) in [6, 6.07) is 5.48. The summed E-state index contributed by atoms with van der Waals surface area (Å²) in [5.41, 5.74) is -0.380. The molecule has 0 unspecified atom stereocenters. The number of benzene rings is 1. The van der Waals surface area contributed by atoms with Gasteiger partial charge in [-0.05, 0) is 12.1 Å². The van der Waals surface area contributed by atoms with Gasteiger partial charge in [0.05, 0.1) is 11.1 Å². The third-order valence-electron chi connectivity index (χ3n) is 1.39. The normalized spacial score (nSPS) is 7.47. The van der Waals surface area contributed by atoms with Gasteiger partial charge in [-0.15, -0.1) is 0 Å². The minimum atomic E-state index is -1.23. The van der Waals surface area contributed by atoms with Crippen molar-refractivity contribution < 1.29 is 108 Å². The van der Waals surface area contributed by atoms with Crippen LogP contribution < -0.4 is 80.9 Å². The molecule has 1 aromatic rings. The molecule has 0 radical (unpaired) electrons. The van der Waals surface area contributed by atoms with Crippen LogP contribution in [0, 0.1) is 0 Å². The van der Waals surface area contributed by atoms with E-state index in [0.717, 1.165) is 0 Å². The van der Waals surface area contributed by atoms with Gasteiger partial charge in [-0.25, -0.2) is 9.59 Å². The van der Waals surface area contributed by atoms with E-state index in [4.69, 9.17) is 10.2 Å². The van der Waals surface area contributed by atoms with Gasteiger partial charge in [0.2, 0.25) is 0 Å². The van der Waals surface area contributed by atoms with Crippen molar-refractivity contribution in [2.45, 2.75) is 0 Å². The molecule has 0 aromatic heterocycles. The summed E-state index contributed by atoms with van der Waals surface area (Å²) in [6.07, 6.45) is 0. The molecule has 0 aliphatic carbocycles. The summed E-state index contributed by atoms with van der Waals surface area (Å²) >= 11 is 0. The van der Waals surface area contributed by atoms with Crippen LogP contribution >= 0.6 is 0 Å². The van der Waals surface area contributed by atoms with Gasteiger partial charge in [-0.3, -0.25) is 0 Å². The summed E-state index contributed by atoms with van der Waals surface area (Å²) in [6.45, 7) is 0. The second-order valence-electron chi connectivity index (χ2n) is 2.16. The Kier molecular flexibility index (Phi) is 14.0. The van der Waals surface area contributed by atoms with Gasteiger partial charge in [-0.2, -0.15) is 0 Å². The minimum absolute atomic E-state index is 0. The molecule has 0 aliphatic rings. The van der Waals surface area contributed by atoms with Gasteiger partial charge in [0.25, 0.3) is 0 Å². The van der Waals surface area contributed by atoms with Crippen LogP contribution in [-0.2, 0) is 0 Å². The number of rotatable bonds is 2. The van der Waals surface area contributed by atoms with E-state index in [0.29, 0.717) is 0 Å². The number of hydrogen-bond donors (Lipinski definition) is 2. The maximum atomic E-state index is 10.5.